The molecule has 8 nitrogen and oxygen atoms in total. The van der Waals surface area contributed by atoms with Crippen molar-refractivity contribution < 1.29 is 19.4 Å². The standard InChI is InChI=1S/C18H22N4O4S/c1-12(15-10-14(25-2)3-4-16(15)23)20-21-17(24)9-13-11-27-18(19-13)22-5-7-26-8-6-22/h3-4,10-11,23H,5-9H2,1-2H3,(H,21,24)/b20-12+. The molecule has 1 saturated heterocycles. The summed E-state index contributed by atoms with van der Waals surface area (Å²) < 4.78 is 10.5. The number of carbonyl (C=O) groups excluding carboxylic acids is 1. The molecule has 1 aliphatic heterocycles. The van der Waals surface area contributed by atoms with Crippen LogP contribution in [0.25, 0.3) is 0 Å². The molecule has 1 aromatic carbocycles. The van der Waals surface area contributed by atoms with E-state index in [1.807, 2.05) is 5.38 Å². The Morgan fingerprint density at radius 2 is 2.22 bits per heavy atom. The van der Waals surface area contributed by atoms with Gasteiger partial charge in [-0.25, -0.2) is 10.4 Å². The van der Waals surface area contributed by atoms with E-state index in [9.17, 15) is 9.90 Å². The van der Waals surface area contributed by atoms with Crippen LogP contribution in [0.3, 0.4) is 0 Å². The third kappa shape index (κ3) is 4.95. The number of phenolic OH excluding ortho intramolecular Hbond substituents is 1. The third-order valence-electron chi connectivity index (χ3n) is 4.10. The minimum atomic E-state index is -0.268. The lowest BCUT2D eigenvalue weighted by molar-refractivity contribution is -0.120. The van der Waals surface area contributed by atoms with E-state index in [1.165, 1.54) is 17.4 Å². The van der Waals surface area contributed by atoms with E-state index in [2.05, 4.69) is 20.4 Å². The first-order valence-corrected chi connectivity index (χ1v) is 9.42. The van der Waals surface area contributed by atoms with Gasteiger partial charge in [-0.15, -0.1) is 11.3 Å². The summed E-state index contributed by atoms with van der Waals surface area (Å²) in [6.07, 6.45) is 0.141. The highest BCUT2D eigenvalue weighted by Gasteiger charge is 2.16. The molecular weight excluding hydrogens is 368 g/mol. The van der Waals surface area contributed by atoms with Gasteiger partial charge in [0.05, 0.1) is 38.1 Å². The number of morpholine rings is 1. The number of thiazole rings is 1. The second-order valence-corrected chi connectivity index (χ2v) is 6.85. The number of phenols is 1. The Balaban J connectivity index is 1.59. The molecule has 0 aliphatic carbocycles. The zero-order chi connectivity index (χ0) is 19.2. The van der Waals surface area contributed by atoms with Gasteiger partial charge in [-0.05, 0) is 25.1 Å². The number of anilines is 1. The maximum Gasteiger partial charge on any atom is 0.246 e. The van der Waals surface area contributed by atoms with Crippen LogP contribution in [-0.4, -0.2) is 55.1 Å². The fourth-order valence-corrected chi connectivity index (χ4v) is 3.50. The highest BCUT2D eigenvalue weighted by molar-refractivity contribution is 7.13. The molecule has 0 spiro atoms. The topological polar surface area (TPSA) is 96.3 Å². The molecule has 0 saturated carbocycles. The molecule has 2 aromatic rings. The van der Waals surface area contributed by atoms with Gasteiger partial charge in [0.2, 0.25) is 5.91 Å². The number of nitrogens with one attached hydrogen (secondary N) is 1. The minimum Gasteiger partial charge on any atom is -0.507 e. The zero-order valence-electron chi connectivity index (χ0n) is 15.3. The lowest BCUT2D eigenvalue weighted by Crippen LogP contribution is -2.36. The predicted molar refractivity (Wildman–Crippen MR) is 104 cm³/mol. The summed E-state index contributed by atoms with van der Waals surface area (Å²) in [6.45, 7) is 4.72. The second kappa shape index (κ2) is 8.83. The number of rotatable bonds is 6. The van der Waals surface area contributed by atoms with E-state index in [0.29, 0.717) is 35.9 Å². The van der Waals surface area contributed by atoms with Gasteiger partial charge in [0, 0.05) is 24.0 Å². The molecule has 0 unspecified atom stereocenters. The monoisotopic (exact) mass is 390 g/mol. The molecule has 0 bridgehead atoms. The number of carbonyl (C=O) groups is 1. The van der Waals surface area contributed by atoms with Crippen LogP contribution in [0.1, 0.15) is 18.2 Å². The van der Waals surface area contributed by atoms with E-state index >= 15 is 0 Å². The Hall–Kier alpha value is -2.65. The van der Waals surface area contributed by atoms with Gasteiger partial charge < -0.3 is 19.5 Å². The van der Waals surface area contributed by atoms with E-state index in [1.54, 1.807) is 26.2 Å². The molecule has 9 heteroatoms. The summed E-state index contributed by atoms with van der Waals surface area (Å²) in [5, 5.41) is 16.8. The van der Waals surface area contributed by atoms with Crippen molar-refractivity contribution in [1.29, 1.82) is 0 Å². The maximum atomic E-state index is 12.2. The number of hydrazone groups is 1. The Kier molecular flexibility index (Phi) is 6.25. The molecule has 0 atom stereocenters. The Labute approximate surface area is 161 Å². The summed E-state index contributed by atoms with van der Waals surface area (Å²) in [6, 6.07) is 4.84. The van der Waals surface area contributed by atoms with Gasteiger partial charge in [0.15, 0.2) is 5.13 Å². The van der Waals surface area contributed by atoms with Crippen LogP contribution in [0.5, 0.6) is 11.5 Å². The molecule has 1 fully saturated rings. The van der Waals surface area contributed by atoms with Crippen LogP contribution in [0.15, 0.2) is 28.7 Å². The molecular formula is C18H22N4O4S. The Bertz CT molecular complexity index is 831. The number of aromatic hydroxyl groups is 1. The number of methoxy groups -OCH3 is 1. The molecule has 27 heavy (non-hydrogen) atoms. The van der Waals surface area contributed by atoms with Crippen LogP contribution in [0.2, 0.25) is 0 Å². The Morgan fingerprint density at radius 1 is 1.44 bits per heavy atom. The predicted octanol–water partition coefficient (Wildman–Crippen LogP) is 1.78. The summed E-state index contributed by atoms with van der Waals surface area (Å²) in [7, 11) is 1.55. The van der Waals surface area contributed by atoms with Crippen molar-refractivity contribution in [3.63, 3.8) is 0 Å². The number of amides is 1. The molecule has 3 rings (SSSR count). The smallest absolute Gasteiger partial charge is 0.246 e. The third-order valence-corrected chi connectivity index (χ3v) is 5.05. The van der Waals surface area contributed by atoms with Crippen molar-refractivity contribution in [3.8, 4) is 11.5 Å². The van der Waals surface area contributed by atoms with Gasteiger partial charge in [-0.2, -0.15) is 5.10 Å². The summed E-state index contributed by atoms with van der Waals surface area (Å²) >= 11 is 1.52. The number of hydrogen-bond donors (Lipinski definition) is 2. The molecule has 1 aliphatic rings. The van der Waals surface area contributed by atoms with Gasteiger partial charge in [0.25, 0.3) is 0 Å². The fourth-order valence-electron chi connectivity index (χ4n) is 2.62. The van der Waals surface area contributed by atoms with E-state index in [4.69, 9.17) is 9.47 Å². The highest BCUT2D eigenvalue weighted by Crippen LogP contribution is 2.24. The average Bonchev–Trinajstić information content (AvgIpc) is 3.15. The molecule has 144 valence electrons. The first-order valence-electron chi connectivity index (χ1n) is 8.54. The lowest BCUT2D eigenvalue weighted by atomic mass is 10.1. The van der Waals surface area contributed by atoms with Crippen LogP contribution in [0, 0.1) is 0 Å². The van der Waals surface area contributed by atoms with Crippen molar-refractivity contribution in [2.75, 3.05) is 38.3 Å². The maximum absolute atomic E-state index is 12.2. The first-order chi connectivity index (χ1) is 13.1. The average molecular weight is 390 g/mol. The summed E-state index contributed by atoms with van der Waals surface area (Å²) in [5.41, 5.74) is 4.19. The largest absolute Gasteiger partial charge is 0.507 e. The lowest BCUT2D eigenvalue weighted by Gasteiger charge is -2.26. The minimum absolute atomic E-state index is 0.0703. The van der Waals surface area contributed by atoms with Crippen LogP contribution in [-0.2, 0) is 16.0 Å². The van der Waals surface area contributed by atoms with E-state index in [0.717, 1.165) is 18.2 Å². The van der Waals surface area contributed by atoms with Crippen molar-refractivity contribution in [1.82, 2.24) is 10.4 Å². The number of benzene rings is 1. The molecule has 2 N–H and O–H groups in total. The van der Waals surface area contributed by atoms with Gasteiger partial charge in [-0.3, -0.25) is 4.79 Å². The summed E-state index contributed by atoms with van der Waals surface area (Å²) in [5.74, 6) is 0.401. The van der Waals surface area contributed by atoms with Crippen molar-refractivity contribution in [2.45, 2.75) is 13.3 Å². The normalized spacial score (nSPS) is 14.9. The first kappa shape index (κ1) is 19.1. The van der Waals surface area contributed by atoms with Gasteiger partial charge in [-0.1, -0.05) is 0 Å². The SMILES string of the molecule is COc1ccc(O)c(/C(C)=N/NC(=O)Cc2csc(N3CCOCC3)n2)c1. The summed E-state index contributed by atoms with van der Waals surface area (Å²) in [4.78, 5) is 18.8. The number of hydrogen-bond acceptors (Lipinski definition) is 8. The molecule has 1 aromatic heterocycles. The molecule has 0 radical (unpaired) electrons. The van der Waals surface area contributed by atoms with Crippen molar-refractivity contribution in [2.24, 2.45) is 5.10 Å². The number of ether oxygens (including phenoxy) is 2. The quantitative estimate of drug-likeness (QED) is 0.577. The number of nitrogens with zero attached hydrogens (tertiary/aromatic N) is 3. The second-order valence-electron chi connectivity index (χ2n) is 6.01. The van der Waals surface area contributed by atoms with E-state index < -0.39 is 0 Å². The van der Waals surface area contributed by atoms with Crippen LogP contribution in [0.4, 0.5) is 5.13 Å². The van der Waals surface area contributed by atoms with Crippen molar-refractivity contribution in [3.05, 3.63) is 34.8 Å². The van der Waals surface area contributed by atoms with Gasteiger partial charge in [0.1, 0.15) is 11.5 Å². The molecule has 2 heterocycles. The van der Waals surface area contributed by atoms with Crippen LogP contribution >= 0.6 is 11.3 Å². The van der Waals surface area contributed by atoms with Gasteiger partial charge >= 0.3 is 0 Å². The zero-order valence-corrected chi connectivity index (χ0v) is 16.1. The fraction of sp³-hybridized carbons (Fsp3) is 0.389. The van der Waals surface area contributed by atoms with E-state index in [-0.39, 0.29) is 18.1 Å². The number of aromatic nitrogens is 1. The Morgan fingerprint density at radius 3 is 2.96 bits per heavy atom. The molecule has 1 amide bonds. The van der Waals surface area contributed by atoms with Crippen molar-refractivity contribution >= 4 is 28.1 Å². The van der Waals surface area contributed by atoms with Crippen LogP contribution < -0.4 is 15.1 Å². The highest BCUT2D eigenvalue weighted by atomic mass is 32.1.